The molecular weight excluding hydrogens is 344 g/mol. The van der Waals surface area contributed by atoms with Crippen LogP contribution < -0.4 is 4.74 Å². The molecule has 25 heavy (non-hydrogen) atoms. The Morgan fingerprint density at radius 3 is 2.96 bits per heavy atom. The Labute approximate surface area is 148 Å². The molecule has 1 aromatic carbocycles. The van der Waals surface area contributed by atoms with E-state index in [1.54, 1.807) is 6.07 Å². The predicted molar refractivity (Wildman–Crippen MR) is 89.4 cm³/mol. The second kappa shape index (κ2) is 7.89. The highest BCUT2D eigenvalue weighted by atomic mass is 32.2. The van der Waals surface area contributed by atoms with Crippen LogP contribution in [0.2, 0.25) is 0 Å². The minimum atomic E-state index is -0.515. The van der Waals surface area contributed by atoms with E-state index in [4.69, 9.17) is 13.6 Å². The molecule has 2 aromatic heterocycles. The molecule has 2 heterocycles. The summed E-state index contributed by atoms with van der Waals surface area (Å²) >= 11 is 1.30. The van der Waals surface area contributed by atoms with Crippen molar-refractivity contribution in [1.29, 1.82) is 0 Å². The molecule has 0 atom stereocenters. The van der Waals surface area contributed by atoms with Crippen molar-refractivity contribution in [2.24, 2.45) is 0 Å². The molecule has 0 saturated carbocycles. The summed E-state index contributed by atoms with van der Waals surface area (Å²) in [6, 6.07) is 9.42. The van der Waals surface area contributed by atoms with E-state index in [1.807, 2.05) is 31.2 Å². The highest BCUT2D eigenvalue weighted by Gasteiger charge is 2.17. The lowest BCUT2D eigenvalue weighted by Crippen LogP contribution is -2.02. The number of methoxy groups -OCH3 is 1. The molecule has 0 saturated heterocycles. The van der Waals surface area contributed by atoms with Crippen LogP contribution in [-0.4, -0.2) is 23.3 Å². The van der Waals surface area contributed by atoms with Crippen LogP contribution in [0.1, 0.15) is 27.6 Å². The largest absolute Gasteiger partial charge is 0.484 e. The summed E-state index contributed by atoms with van der Waals surface area (Å²) < 4.78 is 20.9. The van der Waals surface area contributed by atoms with Gasteiger partial charge >= 0.3 is 5.97 Å². The van der Waals surface area contributed by atoms with Gasteiger partial charge in [-0.05, 0) is 30.7 Å². The van der Waals surface area contributed by atoms with E-state index in [2.05, 4.69) is 14.9 Å². The fourth-order valence-corrected chi connectivity index (χ4v) is 2.83. The number of aryl methyl sites for hydroxylation is 1. The summed E-state index contributed by atoms with van der Waals surface area (Å²) in [5, 5.41) is 8.30. The molecule has 0 unspecified atom stereocenters. The smallest absolute Gasteiger partial charge is 0.374 e. The average Bonchev–Trinajstić information content (AvgIpc) is 3.26. The monoisotopic (exact) mass is 360 g/mol. The highest BCUT2D eigenvalue weighted by Crippen LogP contribution is 2.25. The first kappa shape index (κ1) is 17.1. The van der Waals surface area contributed by atoms with Gasteiger partial charge in [-0.2, -0.15) is 0 Å². The van der Waals surface area contributed by atoms with Crippen molar-refractivity contribution in [3.63, 3.8) is 0 Å². The minimum absolute atomic E-state index is 0.178. The third-order valence-corrected chi connectivity index (χ3v) is 4.14. The van der Waals surface area contributed by atoms with Crippen LogP contribution in [0.4, 0.5) is 0 Å². The average molecular weight is 360 g/mol. The molecule has 0 amide bonds. The number of carbonyl (C=O) groups is 1. The molecular formula is C17H16N2O5S. The Kier molecular flexibility index (Phi) is 5.39. The normalized spacial score (nSPS) is 10.6. The molecule has 0 bridgehead atoms. The minimum Gasteiger partial charge on any atom is -0.484 e. The summed E-state index contributed by atoms with van der Waals surface area (Å²) in [5.41, 5.74) is 1.81. The van der Waals surface area contributed by atoms with E-state index in [9.17, 15) is 4.79 Å². The van der Waals surface area contributed by atoms with Crippen molar-refractivity contribution in [3.8, 4) is 5.75 Å². The maximum atomic E-state index is 11.6. The Morgan fingerprint density at radius 2 is 2.16 bits per heavy atom. The van der Waals surface area contributed by atoms with Gasteiger partial charge in [-0.25, -0.2) is 4.79 Å². The molecule has 0 spiro atoms. The second-order valence-corrected chi connectivity index (χ2v) is 6.05. The topological polar surface area (TPSA) is 87.6 Å². The number of hydrogen-bond donors (Lipinski definition) is 0. The zero-order valence-corrected chi connectivity index (χ0v) is 14.5. The van der Waals surface area contributed by atoms with Gasteiger partial charge in [0.05, 0.1) is 13.4 Å². The first-order valence-corrected chi connectivity index (χ1v) is 8.43. The Bertz CT molecular complexity index is 858. The number of thioether (sulfide) groups is 1. The highest BCUT2D eigenvalue weighted by molar-refractivity contribution is 7.98. The maximum absolute atomic E-state index is 11.6. The van der Waals surface area contributed by atoms with Crippen molar-refractivity contribution in [2.75, 3.05) is 7.11 Å². The molecule has 0 aliphatic rings. The Hall–Kier alpha value is -2.74. The van der Waals surface area contributed by atoms with E-state index < -0.39 is 5.97 Å². The quantitative estimate of drug-likeness (QED) is 0.466. The van der Waals surface area contributed by atoms with Gasteiger partial charge in [0.25, 0.3) is 11.1 Å². The summed E-state index contributed by atoms with van der Waals surface area (Å²) in [6.45, 7) is 2.18. The van der Waals surface area contributed by atoms with Gasteiger partial charge in [0.1, 0.15) is 5.75 Å². The summed E-state index contributed by atoms with van der Waals surface area (Å²) in [6.07, 6.45) is 1.44. The van der Waals surface area contributed by atoms with Crippen molar-refractivity contribution >= 4 is 17.7 Å². The van der Waals surface area contributed by atoms with Crippen LogP contribution in [0.3, 0.4) is 0 Å². The van der Waals surface area contributed by atoms with Gasteiger partial charge in [-0.15, -0.1) is 10.2 Å². The standard InChI is InChI=1S/C17H16N2O5S/c1-11-4-3-5-13(8-11)23-9-14-18-19-17(24-14)25-10-12-6-7-22-15(12)16(20)21-2/h3-8H,9-10H2,1-2H3. The lowest BCUT2D eigenvalue weighted by atomic mass is 10.2. The van der Waals surface area contributed by atoms with Crippen molar-refractivity contribution in [1.82, 2.24) is 10.2 Å². The van der Waals surface area contributed by atoms with Gasteiger partial charge in [0.2, 0.25) is 5.76 Å². The zero-order chi connectivity index (χ0) is 17.6. The van der Waals surface area contributed by atoms with Crippen LogP contribution >= 0.6 is 11.8 Å². The molecule has 0 fully saturated rings. The molecule has 130 valence electrons. The number of ether oxygens (including phenoxy) is 2. The van der Waals surface area contributed by atoms with Gasteiger partial charge in [-0.3, -0.25) is 0 Å². The number of aromatic nitrogens is 2. The van der Waals surface area contributed by atoms with Crippen LogP contribution in [0.5, 0.6) is 5.75 Å². The number of esters is 1. The lowest BCUT2D eigenvalue weighted by molar-refractivity contribution is 0.0564. The molecule has 0 radical (unpaired) electrons. The van der Waals surface area contributed by atoms with Crippen LogP contribution in [-0.2, 0) is 17.1 Å². The van der Waals surface area contributed by atoms with Crippen LogP contribution in [0.25, 0.3) is 0 Å². The van der Waals surface area contributed by atoms with Crippen LogP contribution in [0.15, 0.2) is 50.7 Å². The molecule has 3 rings (SSSR count). The number of carbonyl (C=O) groups excluding carboxylic acids is 1. The lowest BCUT2D eigenvalue weighted by Gasteiger charge is -2.03. The fourth-order valence-electron chi connectivity index (χ4n) is 2.07. The summed E-state index contributed by atoms with van der Waals surface area (Å²) in [4.78, 5) is 11.6. The third-order valence-electron chi connectivity index (χ3n) is 3.27. The maximum Gasteiger partial charge on any atom is 0.374 e. The van der Waals surface area contributed by atoms with Crippen molar-refractivity contribution in [2.45, 2.75) is 24.5 Å². The number of rotatable bonds is 7. The van der Waals surface area contributed by atoms with Gasteiger partial charge in [-0.1, -0.05) is 23.9 Å². The molecule has 7 nitrogen and oxygen atoms in total. The summed E-state index contributed by atoms with van der Waals surface area (Å²) in [5.74, 6) is 1.23. The number of hydrogen-bond acceptors (Lipinski definition) is 8. The molecule has 3 aromatic rings. The molecule has 8 heteroatoms. The van der Waals surface area contributed by atoms with E-state index in [0.717, 1.165) is 11.3 Å². The SMILES string of the molecule is COC(=O)c1occc1CSc1nnc(COc2cccc(C)c2)o1. The zero-order valence-electron chi connectivity index (χ0n) is 13.7. The van der Waals surface area contributed by atoms with Crippen molar-refractivity contribution < 1.29 is 23.1 Å². The van der Waals surface area contributed by atoms with E-state index >= 15 is 0 Å². The molecule has 0 aliphatic carbocycles. The molecule has 0 aliphatic heterocycles. The van der Waals surface area contributed by atoms with E-state index in [1.165, 1.54) is 25.1 Å². The first-order chi connectivity index (χ1) is 12.2. The first-order valence-electron chi connectivity index (χ1n) is 7.45. The predicted octanol–water partition coefficient (Wildman–Crippen LogP) is 3.63. The van der Waals surface area contributed by atoms with E-state index in [0.29, 0.717) is 22.4 Å². The van der Waals surface area contributed by atoms with Gasteiger partial charge in [0, 0.05) is 11.3 Å². The molecule has 0 N–H and O–H groups in total. The Balaban J connectivity index is 1.55. The van der Waals surface area contributed by atoms with Gasteiger partial charge in [0.15, 0.2) is 6.61 Å². The second-order valence-electron chi connectivity index (χ2n) is 5.12. The van der Waals surface area contributed by atoms with Crippen molar-refractivity contribution in [3.05, 3.63) is 59.4 Å². The third kappa shape index (κ3) is 4.42. The number of benzene rings is 1. The number of furan rings is 1. The fraction of sp³-hybridized carbons (Fsp3) is 0.235. The van der Waals surface area contributed by atoms with E-state index in [-0.39, 0.29) is 12.4 Å². The summed E-state index contributed by atoms with van der Waals surface area (Å²) in [7, 11) is 1.31. The van der Waals surface area contributed by atoms with Crippen LogP contribution in [0, 0.1) is 6.92 Å². The van der Waals surface area contributed by atoms with Gasteiger partial charge < -0.3 is 18.3 Å². The Morgan fingerprint density at radius 1 is 1.28 bits per heavy atom. The number of nitrogens with zero attached hydrogens (tertiary/aromatic N) is 2.